The summed E-state index contributed by atoms with van der Waals surface area (Å²) in [6, 6.07) is 0. The summed E-state index contributed by atoms with van der Waals surface area (Å²) in [5.41, 5.74) is 0. The Balaban J connectivity index is -0.0000000786. The Morgan fingerprint density at radius 3 is 0.462 bits per heavy atom. The van der Waals surface area contributed by atoms with Crippen LogP contribution in [0.25, 0.3) is 0 Å². The van der Waals surface area contributed by atoms with E-state index in [9.17, 15) is 0 Å². The first-order valence-electron chi connectivity index (χ1n) is 24.2. The van der Waals surface area contributed by atoms with Crippen molar-refractivity contribution >= 4 is 0 Å². The number of hydrogen-bond donors (Lipinski definition) is 0. The lowest BCUT2D eigenvalue weighted by Gasteiger charge is -2.24. The molecule has 0 bridgehead atoms. The van der Waals surface area contributed by atoms with Gasteiger partial charge in [0.15, 0.2) is 12.6 Å². The number of rotatable bonds is 0. The third-order valence-electron chi connectivity index (χ3n) is 12.8. The summed E-state index contributed by atoms with van der Waals surface area (Å²) < 4.78 is 31.5. The average molecular weight is 942 g/mol. The Labute approximate surface area is 417 Å². The van der Waals surface area contributed by atoms with E-state index in [-0.39, 0.29) is 79.4 Å². The van der Waals surface area contributed by atoms with E-state index in [1.54, 1.807) is 0 Å². The Morgan fingerprint density at radius 1 is 0.185 bits per heavy atom. The SMILES string of the molecule is C.C.C.C.C.C.C.C.C.CC1CCC(C)CC1.CC1CCC(C)CC1.CC1CCC(C)CC1.CC1CCC(C)OC1.CC1CCC(C)OC1.CC1COC(C)OC1.CC1COC(C)OC1. The molecule has 0 aromatic heterocycles. The lowest BCUT2D eigenvalue weighted by Crippen LogP contribution is -2.27. The molecule has 4 atom stereocenters. The van der Waals surface area contributed by atoms with Crippen molar-refractivity contribution in [3.05, 3.63) is 0 Å². The molecule has 0 aromatic rings. The van der Waals surface area contributed by atoms with Crippen molar-refractivity contribution in [2.24, 2.45) is 59.2 Å². The van der Waals surface area contributed by atoms with Crippen molar-refractivity contribution in [3.63, 3.8) is 0 Å². The largest absolute Gasteiger partial charge is 0.378 e. The Kier molecular flexibility index (Phi) is 67.2. The molecule has 0 aromatic carbocycles. The molecule has 3 saturated carbocycles. The summed E-state index contributed by atoms with van der Waals surface area (Å²) in [5, 5.41) is 0. The maximum absolute atomic E-state index is 5.39. The van der Waals surface area contributed by atoms with Crippen LogP contribution in [-0.2, 0) is 28.4 Å². The van der Waals surface area contributed by atoms with Crippen LogP contribution in [0.2, 0.25) is 0 Å². The lowest BCUT2D eigenvalue weighted by molar-refractivity contribution is -0.187. The van der Waals surface area contributed by atoms with Gasteiger partial charge in [-0.15, -0.1) is 0 Å². The monoisotopic (exact) mass is 941 g/mol. The van der Waals surface area contributed by atoms with Gasteiger partial charge in [-0.1, -0.05) is 213 Å². The van der Waals surface area contributed by atoms with Crippen molar-refractivity contribution < 1.29 is 28.4 Å². The fraction of sp³-hybridized carbons (Fsp3) is 1.00. The van der Waals surface area contributed by atoms with Crippen LogP contribution >= 0.6 is 0 Å². The van der Waals surface area contributed by atoms with E-state index in [1.807, 2.05) is 13.8 Å². The van der Waals surface area contributed by atoms with E-state index in [4.69, 9.17) is 28.4 Å². The molecule has 7 rings (SSSR count). The first-order chi connectivity index (χ1) is 26.5. The third kappa shape index (κ3) is 50.0. The smallest absolute Gasteiger partial charge is 0.154 e. The molecule has 0 spiro atoms. The fourth-order valence-electron chi connectivity index (χ4n) is 7.70. The van der Waals surface area contributed by atoms with Gasteiger partial charge in [-0.2, -0.15) is 0 Å². The van der Waals surface area contributed by atoms with Crippen LogP contribution in [-0.4, -0.2) is 64.4 Å². The molecule has 65 heavy (non-hydrogen) atoms. The van der Waals surface area contributed by atoms with Gasteiger partial charge in [0.25, 0.3) is 0 Å². The predicted molar refractivity (Wildman–Crippen MR) is 300 cm³/mol. The molecule has 4 heterocycles. The van der Waals surface area contributed by atoms with Gasteiger partial charge in [0.2, 0.25) is 0 Å². The summed E-state index contributed by atoms with van der Waals surface area (Å²) >= 11 is 0. The van der Waals surface area contributed by atoms with E-state index in [2.05, 4.69) is 83.1 Å². The van der Waals surface area contributed by atoms with Gasteiger partial charge >= 0.3 is 0 Å². The maximum atomic E-state index is 5.39. The third-order valence-corrected chi connectivity index (χ3v) is 12.8. The summed E-state index contributed by atoms with van der Waals surface area (Å²) in [4.78, 5) is 0. The van der Waals surface area contributed by atoms with E-state index >= 15 is 0 Å². The van der Waals surface area contributed by atoms with E-state index in [0.29, 0.717) is 24.0 Å². The van der Waals surface area contributed by atoms with Gasteiger partial charge in [-0.05, 0) is 101 Å². The van der Waals surface area contributed by atoms with Gasteiger partial charge in [0.1, 0.15) is 0 Å². The van der Waals surface area contributed by atoms with Crippen LogP contribution in [0.3, 0.4) is 0 Å². The van der Waals surface area contributed by atoms with Crippen molar-refractivity contribution in [1.82, 2.24) is 0 Å². The molecule has 7 fully saturated rings. The highest BCUT2D eigenvalue weighted by Gasteiger charge is 2.17. The van der Waals surface area contributed by atoms with Crippen molar-refractivity contribution in [2.75, 3.05) is 39.6 Å². The maximum Gasteiger partial charge on any atom is 0.154 e. The Hall–Kier alpha value is -0.240. The standard InChI is InChI=1S/3C8H16.2C7H14O.2C6H12O2.9CH4/c3*1-7-3-5-8(2)6-4-7;2*1-6-3-4-7(2)8-5-6;2*1-5-3-7-6(2)8-4-5;;;;;;;;;/h3*7-8H,3-6H2,1-2H3;2*6-7H,3-5H2,1-2H3;2*5-6H,3-4H2,1-2H3;9*1H4. The molecule has 4 aliphatic heterocycles. The van der Waals surface area contributed by atoms with Crippen LogP contribution < -0.4 is 0 Å². The average Bonchev–Trinajstić information content (AvgIpc) is 3.18. The zero-order valence-electron chi connectivity index (χ0n) is 40.1. The van der Waals surface area contributed by atoms with Crippen LogP contribution in [0.4, 0.5) is 0 Å². The molecule has 0 amide bonds. The van der Waals surface area contributed by atoms with Crippen molar-refractivity contribution in [1.29, 1.82) is 0 Å². The van der Waals surface area contributed by atoms with Crippen LogP contribution in [0.15, 0.2) is 0 Å². The molecule has 0 N–H and O–H groups in total. The molecule has 4 unspecified atom stereocenters. The van der Waals surface area contributed by atoms with Gasteiger partial charge in [0, 0.05) is 25.0 Å². The lowest BCUT2D eigenvalue weighted by atomic mass is 9.84. The Bertz CT molecular complexity index is 564. The molecule has 7 aliphatic rings. The minimum atomic E-state index is 0. The highest BCUT2D eigenvalue weighted by molar-refractivity contribution is 4.68. The summed E-state index contributed by atoms with van der Waals surface area (Å²) in [7, 11) is 0. The minimum absolute atomic E-state index is 0. The van der Waals surface area contributed by atoms with E-state index < -0.39 is 0 Å². The van der Waals surface area contributed by atoms with E-state index in [0.717, 1.165) is 87.0 Å². The molecule has 0 radical (unpaired) electrons. The van der Waals surface area contributed by atoms with Crippen molar-refractivity contribution in [3.8, 4) is 0 Å². The molecule has 6 heteroatoms. The van der Waals surface area contributed by atoms with Crippen molar-refractivity contribution in [2.45, 2.75) is 291 Å². The summed E-state index contributed by atoms with van der Waals surface area (Å²) in [5.74, 6) is 8.86. The number of ether oxygens (including phenoxy) is 6. The highest BCUT2D eigenvalue weighted by Crippen LogP contribution is 2.29. The topological polar surface area (TPSA) is 55.4 Å². The molecule has 408 valence electrons. The quantitative estimate of drug-likeness (QED) is 0.241. The highest BCUT2D eigenvalue weighted by atomic mass is 16.7. The fourth-order valence-corrected chi connectivity index (χ4v) is 7.70. The Morgan fingerprint density at radius 2 is 0.338 bits per heavy atom. The van der Waals surface area contributed by atoms with Gasteiger partial charge in [-0.25, -0.2) is 0 Å². The summed E-state index contributed by atoms with van der Waals surface area (Å²) in [6.07, 6.45) is 24.0. The minimum Gasteiger partial charge on any atom is -0.378 e. The second-order valence-electron chi connectivity index (χ2n) is 20.4. The number of hydrogen-bond acceptors (Lipinski definition) is 6. The van der Waals surface area contributed by atoms with Crippen LogP contribution in [0.5, 0.6) is 0 Å². The summed E-state index contributed by atoms with van der Waals surface area (Å²) in [6.45, 7) is 36.4. The zero-order chi connectivity index (χ0) is 41.9. The molecule has 4 saturated heterocycles. The van der Waals surface area contributed by atoms with Gasteiger partial charge in [0.05, 0.1) is 38.6 Å². The molecule has 3 aliphatic carbocycles. The second-order valence-corrected chi connectivity index (χ2v) is 20.4. The first kappa shape index (κ1) is 84.7. The molecule has 6 nitrogen and oxygen atoms in total. The van der Waals surface area contributed by atoms with Crippen LogP contribution in [0, 0.1) is 59.2 Å². The zero-order valence-corrected chi connectivity index (χ0v) is 40.1. The molecular weight excluding hydrogens is 805 g/mol. The van der Waals surface area contributed by atoms with Crippen LogP contribution in [0.1, 0.15) is 267 Å². The normalized spacial score (nSPS) is 34.2. The second kappa shape index (κ2) is 51.6. The van der Waals surface area contributed by atoms with Gasteiger partial charge < -0.3 is 28.4 Å². The van der Waals surface area contributed by atoms with E-state index in [1.165, 1.54) is 103 Å². The predicted octanol–water partition coefficient (Wildman–Crippen LogP) is 19.9. The first-order valence-corrected chi connectivity index (χ1v) is 24.2. The van der Waals surface area contributed by atoms with Gasteiger partial charge in [-0.3, -0.25) is 0 Å². The molecular formula is C59H136O6.